The third kappa shape index (κ3) is 2.94. The summed E-state index contributed by atoms with van der Waals surface area (Å²) in [6.45, 7) is 0. The van der Waals surface area contributed by atoms with Crippen molar-refractivity contribution >= 4 is 0 Å². The van der Waals surface area contributed by atoms with E-state index in [4.69, 9.17) is 4.74 Å². The van der Waals surface area contributed by atoms with Gasteiger partial charge in [0.2, 0.25) is 0 Å². The molecule has 2 rings (SSSR count). The van der Waals surface area contributed by atoms with Gasteiger partial charge in [-0.3, -0.25) is 5.11 Å². The van der Waals surface area contributed by atoms with Gasteiger partial charge in [0.25, 0.3) is 0 Å². The lowest BCUT2D eigenvalue weighted by Gasteiger charge is -2.08. The first-order valence-electron chi connectivity index (χ1n) is 5.07. The molecule has 0 aliphatic heterocycles. The van der Waals surface area contributed by atoms with Gasteiger partial charge in [-0.15, -0.1) is 0 Å². The Morgan fingerprint density at radius 1 is 0.778 bits per heavy atom. The lowest BCUT2D eigenvalue weighted by atomic mass is 10.2. The van der Waals surface area contributed by atoms with E-state index in [0.29, 0.717) is 5.75 Å². The van der Waals surface area contributed by atoms with Crippen LogP contribution in [0, 0.1) is 0 Å². The van der Waals surface area contributed by atoms with Crippen molar-refractivity contribution in [1.29, 1.82) is 0 Å². The van der Waals surface area contributed by atoms with Crippen LogP contribution in [0.25, 0.3) is 0 Å². The van der Waals surface area contributed by atoms with Crippen LogP contribution >= 0.6 is 0 Å². The fraction of sp³-hybridized carbons (Fsp3) is 0.0769. The normalized spacial score (nSPS) is 11.3. The van der Waals surface area contributed by atoms with E-state index in [9.17, 15) is 18.3 Å². The number of hydrogen-bond acceptors (Lipinski definition) is 1. The zero-order chi connectivity index (χ0) is 13.2. The van der Waals surface area contributed by atoms with Gasteiger partial charge in [0.15, 0.2) is 5.75 Å². The molecule has 0 heterocycles. The predicted molar refractivity (Wildman–Crippen MR) is 58.1 cm³/mol. The van der Waals surface area contributed by atoms with Crippen molar-refractivity contribution in [1.82, 2.24) is 0 Å². The zero-order valence-electron chi connectivity index (χ0n) is 9.07. The highest BCUT2D eigenvalue weighted by Gasteiger charge is 2.29. The van der Waals surface area contributed by atoms with E-state index < -0.39 is 11.7 Å². The van der Waals surface area contributed by atoms with Crippen molar-refractivity contribution in [3.05, 3.63) is 54.1 Å². The Labute approximate surface area is 101 Å². The Bertz CT molecular complexity index is 515. The minimum Gasteiger partial charge on any atom is -0.457 e. The Balaban J connectivity index is 2.13. The SMILES string of the molecule is [O]c1ccc(Oc2ccc(C(F)(F)F)cc2)cc1. The van der Waals surface area contributed by atoms with Gasteiger partial charge in [0, 0.05) is 0 Å². The smallest absolute Gasteiger partial charge is 0.416 e. The average Bonchev–Trinajstić information content (AvgIpc) is 2.32. The molecule has 2 nitrogen and oxygen atoms in total. The standard InChI is InChI=1S/C13H8F3O2/c14-13(15,16)9-1-5-11(6-2-9)18-12-7-3-10(17)4-8-12/h1-8H. The minimum absolute atomic E-state index is 0.158. The van der Waals surface area contributed by atoms with Crippen molar-refractivity contribution in [3.63, 3.8) is 0 Å². The van der Waals surface area contributed by atoms with Crippen LogP contribution in [0.15, 0.2) is 48.5 Å². The number of benzene rings is 2. The molecule has 0 saturated heterocycles. The number of ether oxygens (including phenoxy) is 1. The van der Waals surface area contributed by atoms with Crippen LogP contribution in [-0.2, 0) is 11.3 Å². The second kappa shape index (κ2) is 4.60. The van der Waals surface area contributed by atoms with E-state index >= 15 is 0 Å². The summed E-state index contributed by atoms with van der Waals surface area (Å²) >= 11 is 0. The molecular weight excluding hydrogens is 245 g/mol. The van der Waals surface area contributed by atoms with Gasteiger partial charge >= 0.3 is 6.18 Å². The molecule has 0 aliphatic rings. The largest absolute Gasteiger partial charge is 0.457 e. The summed E-state index contributed by atoms with van der Waals surface area (Å²) in [6.07, 6.45) is -4.36. The van der Waals surface area contributed by atoms with Crippen molar-refractivity contribution < 1.29 is 23.0 Å². The third-order valence-corrected chi connectivity index (χ3v) is 2.24. The maximum atomic E-state index is 12.3. The summed E-state index contributed by atoms with van der Waals surface area (Å²) in [7, 11) is 0. The first-order chi connectivity index (χ1) is 8.45. The topological polar surface area (TPSA) is 29.1 Å². The van der Waals surface area contributed by atoms with E-state index in [-0.39, 0.29) is 11.5 Å². The number of hydrogen-bond donors (Lipinski definition) is 0. The molecule has 0 fully saturated rings. The quantitative estimate of drug-likeness (QED) is 0.766. The van der Waals surface area contributed by atoms with Crippen LogP contribution in [0.2, 0.25) is 0 Å². The molecule has 93 valence electrons. The van der Waals surface area contributed by atoms with Crippen molar-refractivity contribution in [3.8, 4) is 17.2 Å². The fourth-order valence-electron chi connectivity index (χ4n) is 1.36. The molecule has 0 bridgehead atoms. The van der Waals surface area contributed by atoms with Crippen LogP contribution in [0.1, 0.15) is 5.56 Å². The van der Waals surface area contributed by atoms with E-state index in [2.05, 4.69) is 0 Å². The summed E-state index contributed by atoms with van der Waals surface area (Å²) in [5.41, 5.74) is -0.732. The van der Waals surface area contributed by atoms with Gasteiger partial charge in [-0.1, -0.05) is 0 Å². The lowest BCUT2D eigenvalue weighted by Crippen LogP contribution is -2.03. The van der Waals surface area contributed by atoms with E-state index in [1.165, 1.54) is 36.4 Å². The molecule has 0 saturated carbocycles. The van der Waals surface area contributed by atoms with Crippen LogP contribution in [0.3, 0.4) is 0 Å². The molecule has 0 amide bonds. The molecular formula is C13H8F3O2. The first kappa shape index (κ1) is 12.3. The van der Waals surface area contributed by atoms with Crippen molar-refractivity contribution in [2.24, 2.45) is 0 Å². The van der Waals surface area contributed by atoms with Gasteiger partial charge < -0.3 is 4.74 Å². The Morgan fingerprint density at radius 3 is 1.67 bits per heavy atom. The monoisotopic (exact) mass is 253 g/mol. The summed E-state index contributed by atoms with van der Waals surface area (Å²) in [6, 6.07) is 9.90. The summed E-state index contributed by atoms with van der Waals surface area (Å²) in [5.74, 6) is 0.519. The van der Waals surface area contributed by atoms with Gasteiger partial charge in [0.1, 0.15) is 11.5 Å². The summed E-state index contributed by atoms with van der Waals surface area (Å²) in [4.78, 5) is 0. The van der Waals surface area contributed by atoms with E-state index in [1.807, 2.05) is 0 Å². The Kier molecular flexibility index (Phi) is 3.14. The van der Waals surface area contributed by atoms with Gasteiger partial charge in [-0.25, -0.2) is 0 Å². The molecule has 0 aliphatic carbocycles. The molecule has 0 atom stereocenters. The molecule has 18 heavy (non-hydrogen) atoms. The third-order valence-electron chi connectivity index (χ3n) is 2.24. The number of alkyl halides is 3. The molecule has 1 radical (unpaired) electrons. The Morgan fingerprint density at radius 2 is 1.22 bits per heavy atom. The second-order valence-corrected chi connectivity index (χ2v) is 3.60. The van der Waals surface area contributed by atoms with Gasteiger partial charge in [-0.05, 0) is 48.5 Å². The van der Waals surface area contributed by atoms with E-state index in [0.717, 1.165) is 12.1 Å². The van der Waals surface area contributed by atoms with Gasteiger partial charge in [-0.2, -0.15) is 13.2 Å². The van der Waals surface area contributed by atoms with Crippen LogP contribution in [0.5, 0.6) is 17.2 Å². The second-order valence-electron chi connectivity index (χ2n) is 3.60. The molecule has 0 unspecified atom stereocenters. The molecule has 2 aromatic carbocycles. The minimum atomic E-state index is -4.36. The van der Waals surface area contributed by atoms with Crippen LogP contribution < -0.4 is 4.74 Å². The number of halogens is 3. The lowest BCUT2D eigenvalue weighted by molar-refractivity contribution is -0.137. The predicted octanol–water partition coefficient (Wildman–Crippen LogP) is 4.64. The highest BCUT2D eigenvalue weighted by atomic mass is 19.4. The molecule has 0 spiro atoms. The highest BCUT2D eigenvalue weighted by molar-refractivity contribution is 5.36. The highest BCUT2D eigenvalue weighted by Crippen LogP contribution is 2.31. The maximum absolute atomic E-state index is 12.3. The van der Waals surface area contributed by atoms with E-state index in [1.54, 1.807) is 0 Å². The van der Waals surface area contributed by atoms with Crippen molar-refractivity contribution in [2.45, 2.75) is 6.18 Å². The molecule has 0 aromatic heterocycles. The first-order valence-corrected chi connectivity index (χ1v) is 5.07. The summed E-state index contributed by atoms with van der Waals surface area (Å²) < 4.78 is 42.2. The van der Waals surface area contributed by atoms with Crippen LogP contribution in [-0.4, -0.2) is 0 Å². The number of rotatable bonds is 2. The fourth-order valence-corrected chi connectivity index (χ4v) is 1.36. The maximum Gasteiger partial charge on any atom is 0.416 e. The van der Waals surface area contributed by atoms with Gasteiger partial charge in [0.05, 0.1) is 5.56 Å². The molecule has 5 heteroatoms. The van der Waals surface area contributed by atoms with Crippen molar-refractivity contribution in [2.75, 3.05) is 0 Å². The average molecular weight is 253 g/mol. The molecule has 0 N–H and O–H groups in total. The van der Waals surface area contributed by atoms with Crippen LogP contribution in [0.4, 0.5) is 13.2 Å². The zero-order valence-corrected chi connectivity index (χ0v) is 9.07. The Hall–Kier alpha value is -2.17. The summed E-state index contributed by atoms with van der Waals surface area (Å²) in [5, 5.41) is 10.8. The molecule has 2 aromatic rings.